The third-order valence-electron chi connectivity index (χ3n) is 5.50. The van der Waals surface area contributed by atoms with E-state index in [2.05, 4.69) is 23.3 Å². The van der Waals surface area contributed by atoms with Crippen molar-refractivity contribution in [3.05, 3.63) is 54.2 Å². The van der Waals surface area contributed by atoms with Gasteiger partial charge in [-0.1, -0.05) is 18.2 Å². The van der Waals surface area contributed by atoms with Crippen LogP contribution >= 0.6 is 0 Å². The first-order valence-corrected chi connectivity index (χ1v) is 10.5. The molecule has 1 aromatic heterocycles. The molecule has 0 atom stereocenters. The first-order valence-electron chi connectivity index (χ1n) is 9.09. The van der Waals surface area contributed by atoms with Crippen LogP contribution in [-0.4, -0.2) is 37.6 Å². The molecule has 5 rings (SSSR count). The molecule has 0 radical (unpaired) electrons. The van der Waals surface area contributed by atoms with Gasteiger partial charge >= 0.3 is 0 Å². The summed E-state index contributed by atoms with van der Waals surface area (Å²) < 4.78 is 38.2. The SMILES string of the molecule is O=S(=O)(c1ccc2c(c1)OCO2)N1CCC(c2c[nH]c3ccccc23)CC1. The zero-order chi connectivity index (χ0) is 18.4. The molecule has 7 heteroatoms. The molecule has 6 nitrogen and oxygen atoms in total. The van der Waals surface area contributed by atoms with E-state index in [1.807, 2.05) is 12.1 Å². The number of H-pyrrole nitrogens is 1. The normalized spacial score (nSPS) is 18.2. The van der Waals surface area contributed by atoms with Crippen LogP contribution in [0, 0.1) is 0 Å². The second-order valence-electron chi connectivity index (χ2n) is 6.98. The Morgan fingerprint density at radius 2 is 1.78 bits per heavy atom. The maximum atomic E-state index is 13.0. The largest absolute Gasteiger partial charge is 0.454 e. The summed E-state index contributed by atoms with van der Waals surface area (Å²) in [6.07, 6.45) is 3.69. The third kappa shape index (κ3) is 2.78. The Hall–Kier alpha value is -2.51. The number of fused-ring (bicyclic) bond motifs is 2. The second kappa shape index (κ2) is 6.28. The highest BCUT2D eigenvalue weighted by molar-refractivity contribution is 7.89. The highest BCUT2D eigenvalue weighted by Crippen LogP contribution is 2.37. The van der Waals surface area contributed by atoms with Crippen LogP contribution in [0.4, 0.5) is 0 Å². The number of hydrogen-bond donors (Lipinski definition) is 1. The summed E-state index contributed by atoms with van der Waals surface area (Å²) in [6, 6.07) is 13.1. The molecule has 2 aliphatic rings. The van der Waals surface area contributed by atoms with Gasteiger partial charge in [-0.25, -0.2) is 8.42 Å². The minimum Gasteiger partial charge on any atom is -0.454 e. The van der Waals surface area contributed by atoms with Crippen molar-refractivity contribution in [3.63, 3.8) is 0 Å². The Kier molecular flexibility index (Phi) is 3.87. The molecule has 140 valence electrons. The van der Waals surface area contributed by atoms with Crippen LogP contribution in [0.3, 0.4) is 0 Å². The lowest BCUT2D eigenvalue weighted by atomic mass is 9.90. The summed E-state index contributed by atoms with van der Waals surface area (Å²) in [5.41, 5.74) is 2.41. The van der Waals surface area contributed by atoms with Gasteiger partial charge in [-0.2, -0.15) is 4.31 Å². The molecule has 27 heavy (non-hydrogen) atoms. The fraction of sp³-hybridized carbons (Fsp3) is 0.300. The summed E-state index contributed by atoms with van der Waals surface area (Å²) in [6.45, 7) is 1.16. The Labute approximate surface area is 157 Å². The van der Waals surface area contributed by atoms with Crippen LogP contribution in [0.25, 0.3) is 10.9 Å². The molecule has 0 amide bonds. The maximum absolute atomic E-state index is 13.0. The van der Waals surface area contributed by atoms with Crippen molar-refractivity contribution in [2.75, 3.05) is 19.9 Å². The lowest BCUT2D eigenvalue weighted by Gasteiger charge is -2.31. The van der Waals surface area contributed by atoms with Crippen molar-refractivity contribution in [2.24, 2.45) is 0 Å². The molecular weight excluding hydrogens is 364 g/mol. The quantitative estimate of drug-likeness (QED) is 0.751. The van der Waals surface area contributed by atoms with Crippen molar-refractivity contribution in [1.82, 2.24) is 9.29 Å². The predicted molar refractivity (Wildman–Crippen MR) is 102 cm³/mol. The third-order valence-corrected chi connectivity index (χ3v) is 7.39. The zero-order valence-electron chi connectivity index (χ0n) is 14.7. The molecule has 0 spiro atoms. The lowest BCUT2D eigenvalue weighted by Crippen LogP contribution is -2.37. The van der Waals surface area contributed by atoms with Gasteiger partial charge in [-0.05, 0) is 42.5 Å². The van der Waals surface area contributed by atoms with Gasteiger partial charge in [-0.15, -0.1) is 0 Å². The van der Waals surface area contributed by atoms with E-state index >= 15 is 0 Å². The van der Waals surface area contributed by atoms with Gasteiger partial charge < -0.3 is 14.5 Å². The molecule has 0 saturated carbocycles. The molecule has 1 saturated heterocycles. The van der Waals surface area contributed by atoms with Crippen molar-refractivity contribution < 1.29 is 17.9 Å². The van der Waals surface area contributed by atoms with E-state index in [4.69, 9.17) is 9.47 Å². The molecule has 1 fully saturated rings. The van der Waals surface area contributed by atoms with Gasteiger partial charge in [-0.3, -0.25) is 0 Å². The van der Waals surface area contributed by atoms with Crippen molar-refractivity contribution >= 4 is 20.9 Å². The summed E-state index contributed by atoms with van der Waals surface area (Å²) in [5.74, 6) is 1.45. The number of piperidine rings is 1. The van der Waals surface area contributed by atoms with Crippen LogP contribution in [0.2, 0.25) is 0 Å². The molecule has 0 unspecified atom stereocenters. The fourth-order valence-corrected chi connectivity index (χ4v) is 5.51. The van der Waals surface area contributed by atoms with Crippen LogP contribution in [-0.2, 0) is 10.0 Å². The number of aromatic nitrogens is 1. The average Bonchev–Trinajstić information content (AvgIpc) is 3.34. The van der Waals surface area contributed by atoms with Crippen LogP contribution < -0.4 is 9.47 Å². The zero-order valence-corrected chi connectivity index (χ0v) is 15.5. The number of ether oxygens (including phenoxy) is 2. The number of para-hydroxylation sites is 1. The van der Waals surface area contributed by atoms with Crippen LogP contribution in [0.5, 0.6) is 11.5 Å². The van der Waals surface area contributed by atoms with E-state index in [0.717, 1.165) is 18.4 Å². The highest BCUT2D eigenvalue weighted by atomic mass is 32.2. The minimum atomic E-state index is -3.53. The van der Waals surface area contributed by atoms with Gasteiger partial charge in [0.25, 0.3) is 0 Å². The first-order chi connectivity index (χ1) is 13.1. The number of aromatic amines is 1. The van der Waals surface area contributed by atoms with Gasteiger partial charge in [0.05, 0.1) is 4.90 Å². The average molecular weight is 384 g/mol. The molecule has 0 bridgehead atoms. The predicted octanol–water partition coefficient (Wildman–Crippen LogP) is 3.46. The van der Waals surface area contributed by atoms with Crippen molar-refractivity contribution in [1.29, 1.82) is 0 Å². The van der Waals surface area contributed by atoms with E-state index in [9.17, 15) is 8.42 Å². The highest BCUT2D eigenvalue weighted by Gasteiger charge is 2.31. The van der Waals surface area contributed by atoms with Crippen LogP contribution in [0.1, 0.15) is 24.3 Å². The molecule has 0 aliphatic carbocycles. The molecule has 3 heterocycles. The molecule has 3 aromatic rings. The molecule has 1 N–H and O–H groups in total. The number of hydrogen-bond acceptors (Lipinski definition) is 4. The maximum Gasteiger partial charge on any atom is 0.243 e. The Morgan fingerprint density at radius 3 is 2.63 bits per heavy atom. The van der Waals surface area contributed by atoms with Crippen molar-refractivity contribution in [2.45, 2.75) is 23.7 Å². The summed E-state index contributed by atoms with van der Waals surface area (Å²) >= 11 is 0. The monoisotopic (exact) mass is 384 g/mol. The van der Waals surface area contributed by atoms with Gasteiger partial charge in [0.15, 0.2) is 11.5 Å². The number of benzene rings is 2. The van der Waals surface area contributed by atoms with Crippen LogP contribution in [0.15, 0.2) is 53.6 Å². The number of sulfonamides is 1. The van der Waals surface area contributed by atoms with E-state index < -0.39 is 10.0 Å². The van der Waals surface area contributed by atoms with E-state index in [1.165, 1.54) is 10.9 Å². The molecule has 2 aromatic carbocycles. The van der Waals surface area contributed by atoms with E-state index in [1.54, 1.807) is 22.5 Å². The summed E-state index contributed by atoms with van der Waals surface area (Å²) in [7, 11) is -3.53. The van der Waals surface area contributed by atoms with Gasteiger partial charge in [0, 0.05) is 36.3 Å². The molecular formula is C20H20N2O4S. The topological polar surface area (TPSA) is 71.6 Å². The Balaban J connectivity index is 1.35. The number of nitrogens with one attached hydrogen (secondary N) is 1. The Morgan fingerprint density at radius 1 is 1.00 bits per heavy atom. The van der Waals surface area contributed by atoms with Gasteiger partial charge in [0.2, 0.25) is 16.8 Å². The number of nitrogens with zero attached hydrogens (tertiary/aromatic N) is 1. The standard InChI is InChI=1S/C20H20N2O4S/c23-27(24,15-5-6-19-20(11-15)26-13-25-19)22-9-7-14(8-10-22)17-12-21-18-4-2-1-3-16(17)18/h1-6,11-12,14,21H,7-10,13H2. The summed E-state index contributed by atoms with van der Waals surface area (Å²) in [5, 5.41) is 1.23. The smallest absolute Gasteiger partial charge is 0.243 e. The Bertz CT molecular complexity index is 1100. The van der Waals surface area contributed by atoms with Crippen molar-refractivity contribution in [3.8, 4) is 11.5 Å². The fourth-order valence-electron chi connectivity index (χ4n) is 4.03. The molecule has 2 aliphatic heterocycles. The minimum absolute atomic E-state index is 0.134. The lowest BCUT2D eigenvalue weighted by molar-refractivity contribution is 0.174. The van der Waals surface area contributed by atoms with E-state index in [-0.39, 0.29) is 11.7 Å². The first kappa shape index (κ1) is 16.6. The summed E-state index contributed by atoms with van der Waals surface area (Å²) in [4.78, 5) is 3.58. The van der Waals surface area contributed by atoms with Gasteiger partial charge in [0.1, 0.15) is 0 Å². The number of rotatable bonds is 3. The van der Waals surface area contributed by atoms with E-state index in [0.29, 0.717) is 30.5 Å². The second-order valence-corrected chi connectivity index (χ2v) is 8.92.